The minimum atomic E-state index is -4.78. The maximum absolute atomic E-state index is 13.5. The highest BCUT2D eigenvalue weighted by Crippen LogP contribution is 2.40. The van der Waals surface area contributed by atoms with Crippen molar-refractivity contribution >= 4 is 24.3 Å². The van der Waals surface area contributed by atoms with Gasteiger partial charge in [0.15, 0.2) is 0 Å². The summed E-state index contributed by atoms with van der Waals surface area (Å²) >= 11 is 0. The van der Waals surface area contributed by atoms with Gasteiger partial charge >= 0.3 is 24.9 Å². The predicted octanol–water partition coefficient (Wildman–Crippen LogP) is -0.144. The highest BCUT2D eigenvalue weighted by molar-refractivity contribution is 7.50. The van der Waals surface area contributed by atoms with E-state index in [0.717, 1.165) is 6.07 Å². The summed E-state index contributed by atoms with van der Waals surface area (Å²) in [4.78, 5) is 45.6. The number of hydrogen-bond donors (Lipinski definition) is 3. The van der Waals surface area contributed by atoms with Crippen molar-refractivity contribution in [3.8, 4) is 0 Å². The molecule has 5 N–H and O–H groups in total. The van der Waals surface area contributed by atoms with E-state index >= 15 is 0 Å². The zero-order valence-electron chi connectivity index (χ0n) is 14.2. The first-order chi connectivity index (χ1) is 12.5. The fourth-order valence-corrected chi connectivity index (χ4v) is 3.58. The first kappa shape index (κ1) is 22.1. The van der Waals surface area contributed by atoms with Crippen molar-refractivity contribution in [2.75, 3.05) is 31.2 Å². The van der Waals surface area contributed by atoms with Gasteiger partial charge in [0, 0.05) is 13.1 Å². The Morgan fingerprint density at radius 2 is 1.79 bits per heavy atom. The molecule has 0 atom stereocenters. The SMILES string of the molecule is O.O=c1[nH]c2cc(C(F)(F)F)c(N3CCOCC3)cc2n(CP(=O)(O)O)c1=O. The van der Waals surface area contributed by atoms with E-state index in [1.165, 1.54) is 4.90 Å². The van der Waals surface area contributed by atoms with Gasteiger partial charge in [0.1, 0.15) is 6.29 Å². The van der Waals surface area contributed by atoms with Gasteiger partial charge in [-0.3, -0.25) is 18.7 Å². The van der Waals surface area contributed by atoms with Crippen molar-refractivity contribution < 1.29 is 37.7 Å². The summed E-state index contributed by atoms with van der Waals surface area (Å²) in [6.07, 6.45) is -5.87. The summed E-state index contributed by atoms with van der Waals surface area (Å²) in [5.41, 5.74) is -4.39. The van der Waals surface area contributed by atoms with Crippen LogP contribution >= 0.6 is 7.60 Å². The van der Waals surface area contributed by atoms with Gasteiger partial charge in [-0.1, -0.05) is 0 Å². The second-order valence-corrected chi connectivity index (χ2v) is 7.59. The molecule has 14 heteroatoms. The van der Waals surface area contributed by atoms with E-state index in [1.54, 1.807) is 0 Å². The number of ether oxygens (including phenoxy) is 1. The molecule has 1 aliphatic heterocycles. The molecule has 1 aromatic heterocycles. The van der Waals surface area contributed by atoms with Crippen LogP contribution in [0.5, 0.6) is 0 Å². The van der Waals surface area contributed by atoms with Crippen LogP contribution in [0.2, 0.25) is 0 Å². The highest BCUT2D eigenvalue weighted by Gasteiger charge is 2.36. The molecule has 0 aliphatic carbocycles. The molecular formula is C14H17F3N3O7P. The molecule has 2 aromatic rings. The van der Waals surface area contributed by atoms with E-state index in [0.29, 0.717) is 10.6 Å². The Bertz CT molecular complexity index is 1040. The molecule has 10 nitrogen and oxygen atoms in total. The number of benzene rings is 1. The molecule has 0 bridgehead atoms. The van der Waals surface area contributed by atoms with Crippen molar-refractivity contribution in [1.82, 2.24) is 9.55 Å². The number of hydrogen-bond acceptors (Lipinski definition) is 5. The Hall–Kier alpha value is -2.18. The lowest BCUT2D eigenvalue weighted by Gasteiger charge is -2.31. The first-order valence-electron chi connectivity index (χ1n) is 7.73. The van der Waals surface area contributed by atoms with E-state index in [9.17, 15) is 37.1 Å². The third kappa shape index (κ3) is 4.45. The molecule has 0 radical (unpaired) electrons. The Morgan fingerprint density at radius 1 is 1.18 bits per heavy atom. The predicted molar refractivity (Wildman–Crippen MR) is 92.5 cm³/mol. The minimum Gasteiger partial charge on any atom is -0.412 e. The van der Waals surface area contributed by atoms with Gasteiger partial charge in [0.25, 0.3) is 0 Å². The zero-order valence-corrected chi connectivity index (χ0v) is 15.1. The van der Waals surface area contributed by atoms with Crippen LogP contribution in [0.3, 0.4) is 0 Å². The molecule has 1 aliphatic rings. The van der Waals surface area contributed by atoms with E-state index in [1.807, 2.05) is 4.98 Å². The average molecular weight is 427 g/mol. The highest BCUT2D eigenvalue weighted by atomic mass is 31.2. The third-order valence-corrected chi connectivity index (χ3v) is 4.73. The molecule has 1 saturated heterocycles. The van der Waals surface area contributed by atoms with Crippen molar-refractivity contribution in [2.24, 2.45) is 0 Å². The minimum absolute atomic E-state index is 0. The topological polar surface area (TPSA) is 156 Å². The third-order valence-electron chi connectivity index (χ3n) is 4.08. The van der Waals surface area contributed by atoms with Gasteiger partial charge in [0.05, 0.1) is 35.5 Å². The molecule has 28 heavy (non-hydrogen) atoms. The van der Waals surface area contributed by atoms with E-state index < -0.39 is 36.7 Å². The Morgan fingerprint density at radius 3 is 2.32 bits per heavy atom. The number of halogens is 3. The van der Waals surface area contributed by atoms with Crippen LogP contribution in [0.25, 0.3) is 11.0 Å². The lowest BCUT2D eigenvalue weighted by molar-refractivity contribution is -0.137. The first-order valence-corrected chi connectivity index (χ1v) is 9.52. The average Bonchev–Trinajstić information content (AvgIpc) is 2.57. The van der Waals surface area contributed by atoms with Crippen molar-refractivity contribution in [2.45, 2.75) is 12.5 Å². The van der Waals surface area contributed by atoms with E-state index in [4.69, 9.17) is 4.74 Å². The molecule has 156 valence electrons. The summed E-state index contributed by atoms with van der Waals surface area (Å²) in [5, 5.41) is 0. The van der Waals surface area contributed by atoms with Gasteiger partial charge < -0.3 is 29.9 Å². The molecule has 0 amide bonds. The standard InChI is InChI=1S/C14H15F3N3O6P.H2O/c15-14(16,17)8-5-9-11(6-10(8)19-1-3-26-4-2-19)20(7-27(23,24)25)13(22)12(21)18-9;/h5-6H,1-4,7H2,(H,18,21)(H2,23,24,25);1H2. The zero-order chi connectivity index (χ0) is 20.0. The molecule has 3 rings (SSSR count). The number of alkyl halides is 3. The molecule has 2 heterocycles. The van der Waals surface area contributed by atoms with E-state index in [-0.39, 0.29) is 48.5 Å². The lowest BCUT2D eigenvalue weighted by atomic mass is 10.1. The maximum Gasteiger partial charge on any atom is 0.418 e. The number of anilines is 1. The Balaban J connectivity index is 0.00000280. The van der Waals surface area contributed by atoms with Crippen molar-refractivity contribution in [3.63, 3.8) is 0 Å². The monoisotopic (exact) mass is 427 g/mol. The summed E-state index contributed by atoms with van der Waals surface area (Å²) in [6, 6.07) is 1.67. The second-order valence-electron chi connectivity index (χ2n) is 5.98. The number of nitrogens with zero attached hydrogens (tertiary/aromatic N) is 2. The van der Waals surface area contributed by atoms with Crippen LogP contribution < -0.4 is 16.0 Å². The number of aromatic nitrogens is 2. The lowest BCUT2D eigenvalue weighted by Crippen LogP contribution is -2.38. The molecule has 0 spiro atoms. The number of rotatable bonds is 3. The number of H-pyrrole nitrogens is 1. The van der Waals surface area contributed by atoms with Gasteiger partial charge in [-0.2, -0.15) is 13.2 Å². The van der Waals surface area contributed by atoms with Gasteiger partial charge in [-0.25, -0.2) is 0 Å². The van der Waals surface area contributed by atoms with Crippen LogP contribution in [0.15, 0.2) is 21.7 Å². The van der Waals surface area contributed by atoms with Gasteiger partial charge in [-0.15, -0.1) is 0 Å². The number of aromatic amines is 1. The summed E-state index contributed by atoms with van der Waals surface area (Å²) in [5.74, 6) is 0. The van der Waals surface area contributed by atoms with Crippen LogP contribution in [0.4, 0.5) is 18.9 Å². The fraction of sp³-hybridized carbons (Fsp3) is 0.429. The molecule has 1 aromatic carbocycles. The van der Waals surface area contributed by atoms with Gasteiger partial charge in [0.2, 0.25) is 0 Å². The Labute approximate surface area is 154 Å². The largest absolute Gasteiger partial charge is 0.418 e. The second kappa shape index (κ2) is 7.68. The number of morpholine rings is 1. The van der Waals surface area contributed by atoms with Crippen LogP contribution in [0.1, 0.15) is 5.56 Å². The van der Waals surface area contributed by atoms with Crippen molar-refractivity contribution in [1.29, 1.82) is 0 Å². The van der Waals surface area contributed by atoms with Crippen LogP contribution in [-0.2, 0) is 21.8 Å². The molecular weight excluding hydrogens is 410 g/mol. The number of fused-ring (bicyclic) bond motifs is 1. The van der Waals surface area contributed by atoms with E-state index in [2.05, 4.69) is 0 Å². The summed E-state index contributed by atoms with van der Waals surface area (Å²) < 4.78 is 57.6. The molecule has 0 unspecified atom stereocenters. The maximum atomic E-state index is 13.5. The fourth-order valence-electron chi connectivity index (χ4n) is 2.93. The van der Waals surface area contributed by atoms with Crippen molar-refractivity contribution in [3.05, 3.63) is 38.4 Å². The van der Waals surface area contributed by atoms with Gasteiger partial charge in [-0.05, 0) is 12.1 Å². The number of nitrogens with one attached hydrogen (secondary N) is 1. The van der Waals surface area contributed by atoms with Crippen LogP contribution in [0, 0.1) is 0 Å². The summed E-state index contributed by atoms with van der Waals surface area (Å²) in [6.45, 7) is 0.744. The molecule has 1 fully saturated rings. The molecule has 0 saturated carbocycles. The normalized spacial score (nSPS) is 15.5. The quantitative estimate of drug-likeness (QED) is 0.454. The Kier molecular flexibility index (Phi) is 6.07. The van der Waals surface area contributed by atoms with Crippen LogP contribution in [-0.4, -0.2) is 51.1 Å². The smallest absolute Gasteiger partial charge is 0.412 e. The summed E-state index contributed by atoms with van der Waals surface area (Å²) in [7, 11) is -4.78.